The topological polar surface area (TPSA) is 79.5 Å². The molecule has 0 spiro atoms. The fourth-order valence-electron chi connectivity index (χ4n) is 2.78. The average Bonchev–Trinajstić information content (AvgIpc) is 2.71. The van der Waals surface area contributed by atoms with Crippen LogP contribution in [0.3, 0.4) is 0 Å². The quantitative estimate of drug-likeness (QED) is 0.532. The van der Waals surface area contributed by atoms with Crippen molar-refractivity contribution in [2.24, 2.45) is 0 Å². The molecule has 3 aromatic rings. The standard InChI is InChI=1S/C23H22FN3O3/c1-16(28)26-20-8-3-5-17(12-20)14-25-23(29)27-21-9-4-10-22(13-21)30-15-18-6-2-7-19(24)11-18/h2-13H,14-15H2,1H3,(H,26,28)(H2,25,27,29). The van der Waals surface area contributed by atoms with Crippen LogP contribution in [0, 0.1) is 5.82 Å². The molecule has 3 N–H and O–H groups in total. The molecule has 0 heterocycles. The fourth-order valence-corrected chi connectivity index (χ4v) is 2.78. The highest BCUT2D eigenvalue weighted by atomic mass is 19.1. The van der Waals surface area contributed by atoms with Gasteiger partial charge in [0, 0.05) is 30.9 Å². The zero-order valence-electron chi connectivity index (χ0n) is 16.4. The van der Waals surface area contributed by atoms with E-state index in [4.69, 9.17) is 4.74 Å². The Balaban J connectivity index is 1.51. The largest absolute Gasteiger partial charge is 0.489 e. The second kappa shape index (κ2) is 10.1. The van der Waals surface area contributed by atoms with E-state index in [2.05, 4.69) is 16.0 Å². The van der Waals surface area contributed by atoms with E-state index in [0.29, 0.717) is 29.2 Å². The lowest BCUT2D eigenvalue weighted by Gasteiger charge is -2.11. The molecule has 0 atom stereocenters. The Kier molecular flexibility index (Phi) is 7.00. The smallest absolute Gasteiger partial charge is 0.319 e. The molecule has 7 heteroatoms. The summed E-state index contributed by atoms with van der Waals surface area (Å²) in [6, 6.07) is 20.0. The van der Waals surface area contributed by atoms with E-state index in [9.17, 15) is 14.0 Å². The predicted molar refractivity (Wildman–Crippen MR) is 114 cm³/mol. The maximum Gasteiger partial charge on any atom is 0.319 e. The fraction of sp³-hybridized carbons (Fsp3) is 0.130. The highest BCUT2D eigenvalue weighted by molar-refractivity contribution is 5.90. The number of amides is 3. The van der Waals surface area contributed by atoms with Crippen molar-refractivity contribution in [3.8, 4) is 5.75 Å². The SMILES string of the molecule is CC(=O)Nc1cccc(CNC(=O)Nc2cccc(OCc3cccc(F)c3)c2)c1. The molecule has 0 unspecified atom stereocenters. The molecule has 0 saturated carbocycles. The summed E-state index contributed by atoms with van der Waals surface area (Å²) in [6.45, 7) is 1.96. The summed E-state index contributed by atoms with van der Waals surface area (Å²) in [4.78, 5) is 23.3. The molecular weight excluding hydrogens is 385 g/mol. The Bertz CT molecular complexity index is 1040. The molecule has 0 radical (unpaired) electrons. The van der Waals surface area contributed by atoms with Gasteiger partial charge < -0.3 is 20.7 Å². The van der Waals surface area contributed by atoms with Gasteiger partial charge in [-0.15, -0.1) is 0 Å². The lowest BCUT2D eigenvalue weighted by Crippen LogP contribution is -2.28. The van der Waals surface area contributed by atoms with Crippen molar-refractivity contribution < 1.29 is 18.7 Å². The number of carbonyl (C=O) groups excluding carboxylic acids is 2. The van der Waals surface area contributed by atoms with Gasteiger partial charge in [0.1, 0.15) is 18.2 Å². The molecule has 0 fully saturated rings. The van der Waals surface area contributed by atoms with E-state index in [1.807, 2.05) is 6.07 Å². The predicted octanol–water partition coefficient (Wildman–Crippen LogP) is 4.68. The Hall–Kier alpha value is -3.87. The van der Waals surface area contributed by atoms with Crippen LogP contribution in [0.2, 0.25) is 0 Å². The molecule has 0 bridgehead atoms. The first-order valence-electron chi connectivity index (χ1n) is 9.36. The van der Waals surface area contributed by atoms with Crippen molar-refractivity contribution in [1.82, 2.24) is 5.32 Å². The third-order valence-electron chi connectivity index (χ3n) is 4.09. The maximum atomic E-state index is 13.2. The average molecular weight is 407 g/mol. The van der Waals surface area contributed by atoms with Gasteiger partial charge in [0.15, 0.2) is 0 Å². The van der Waals surface area contributed by atoms with Crippen LogP contribution >= 0.6 is 0 Å². The van der Waals surface area contributed by atoms with Crippen molar-refractivity contribution >= 4 is 23.3 Å². The van der Waals surface area contributed by atoms with Gasteiger partial charge in [-0.2, -0.15) is 0 Å². The second-order valence-electron chi connectivity index (χ2n) is 6.64. The van der Waals surface area contributed by atoms with Crippen LogP contribution in [0.15, 0.2) is 72.8 Å². The molecule has 3 aromatic carbocycles. The zero-order valence-corrected chi connectivity index (χ0v) is 16.4. The van der Waals surface area contributed by atoms with Crippen LogP contribution < -0.4 is 20.7 Å². The summed E-state index contributed by atoms with van der Waals surface area (Å²) in [5.41, 5.74) is 2.80. The molecule has 6 nitrogen and oxygen atoms in total. The zero-order chi connectivity index (χ0) is 21.3. The first-order valence-corrected chi connectivity index (χ1v) is 9.36. The Labute approximate surface area is 174 Å². The molecule has 0 aliphatic heterocycles. The summed E-state index contributed by atoms with van der Waals surface area (Å²) in [6.07, 6.45) is 0. The number of anilines is 2. The summed E-state index contributed by atoms with van der Waals surface area (Å²) >= 11 is 0. The van der Waals surface area contributed by atoms with Gasteiger partial charge in [-0.3, -0.25) is 4.79 Å². The van der Waals surface area contributed by atoms with Crippen LogP contribution in [0.4, 0.5) is 20.6 Å². The molecule has 30 heavy (non-hydrogen) atoms. The summed E-state index contributed by atoms with van der Waals surface area (Å²) < 4.78 is 18.9. The van der Waals surface area contributed by atoms with E-state index in [1.54, 1.807) is 54.6 Å². The lowest BCUT2D eigenvalue weighted by atomic mass is 10.2. The Morgan fingerprint density at radius 3 is 2.33 bits per heavy atom. The minimum Gasteiger partial charge on any atom is -0.489 e. The minimum absolute atomic E-state index is 0.155. The van der Waals surface area contributed by atoms with Crippen LogP contribution in [-0.4, -0.2) is 11.9 Å². The number of hydrogen-bond acceptors (Lipinski definition) is 3. The molecule has 0 aliphatic rings. The minimum atomic E-state index is -0.373. The molecule has 154 valence electrons. The van der Waals surface area contributed by atoms with Gasteiger partial charge in [0.05, 0.1) is 0 Å². The van der Waals surface area contributed by atoms with Crippen LogP contribution in [-0.2, 0) is 17.9 Å². The normalized spacial score (nSPS) is 10.2. The Morgan fingerprint density at radius 1 is 0.867 bits per heavy atom. The van der Waals surface area contributed by atoms with Crippen LogP contribution in [0.5, 0.6) is 5.75 Å². The van der Waals surface area contributed by atoms with Crippen molar-refractivity contribution in [1.29, 1.82) is 0 Å². The molecule has 0 saturated heterocycles. The van der Waals surface area contributed by atoms with Gasteiger partial charge in [0.25, 0.3) is 0 Å². The van der Waals surface area contributed by atoms with Crippen molar-refractivity contribution in [2.45, 2.75) is 20.1 Å². The third kappa shape index (κ3) is 6.63. The summed E-state index contributed by atoms with van der Waals surface area (Å²) in [5, 5.41) is 8.22. The third-order valence-corrected chi connectivity index (χ3v) is 4.09. The van der Waals surface area contributed by atoms with Gasteiger partial charge in [0.2, 0.25) is 5.91 Å². The van der Waals surface area contributed by atoms with E-state index >= 15 is 0 Å². The second-order valence-corrected chi connectivity index (χ2v) is 6.64. The number of carbonyl (C=O) groups is 2. The number of halogens is 1. The van der Waals surface area contributed by atoms with Crippen molar-refractivity contribution in [2.75, 3.05) is 10.6 Å². The number of rotatable bonds is 7. The van der Waals surface area contributed by atoms with Gasteiger partial charge in [-0.25, -0.2) is 9.18 Å². The van der Waals surface area contributed by atoms with Gasteiger partial charge in [-0.1, -0.05) is 30.3 Å². The van der Waals surface area contributed by atoms with Crippen LogP contribution in [0.25, 0.3) is 0 Å². The maximum absolute atomic E-state index is 13.2. The van der Waals surface area contributed by atoms with Gasteiger partial charge in [-0.05, 0) is 47.5 Å². The first-order chi connectivity index (χ1) is 14.5. The van der Waals surface area contributed by atoms with E-state index in [1.165, 1.54) is 19.1 Å². The lowest BCUT2D eigenvalue weighted by molar-refractivity contribution is -0.114. The van der Waals surface area contributed by atoms with Crippen molar-refractivity contribution in [3.63, 3.8) is 0 Å². The highest BCUT2D eigenvalue weighted by Crippen LogP contribution is 2.19. The number of hydrogen-bond donors (Lipinski definition) is 3. The molecule has 0 aromatic heterocycles. The highest BCUT2D eigenvalue weighted by Gasteiger charge is 2.05. The number of urea groups is 1. The molecule has 0 aliphatic carbocycles. The monoisotopic (exact) mass is 407 g/mol. The number of benzene rings is 3. The van der Waals surface area contributed by atoms with Crippen LogP contribution in [0.1, 0.15) is 18.1 Å². The van der Waals surface area contributed by atoms with E-state index in [0.717, 1.165) is 5.56 Å². The Morgan fingerprint density at radius 2 is 1.57 bits per heavy atom. The summed E-state index contributed by atoms with van der Waals surface area (Å²) in [5.74, 6) is 0.0863. The number of ether oxygens (including phenoxy) is 1. The molecule has 3 amide bonds. The molecular formula is C23H22FN3O3. The van der Waals surface area contributed by atoms with E-state index < -0.39 is 0 Å². The van der Waals surface area contributed by atoms with Gasteiger partial charge >= 0.3 is 6.03 Å². The van der Waals surface area contributed by atoms with E-state index in [-0.39, 0.29) is 24.4 Å². The van der Waals surface area contributed by atoms with Crippen molar-refractivity contribution in [3.05, 3.63) is 89.7 Å². The first kappa shape index (κ1) is 20.9. The summed E-state index contributed by atoms with van der Waals surface area (Å²) in [7, 11) is 0. The number of nitrogens with one attached hydrogen (secondary N) is 3. The molecule has 3 rings (SSSR count).